The second kappa shape index (κ2) is 7.00. The van der Waals surface area contributed by atoms with Crippen LogP contribution in [0, 0.1) is 11.3 Å². The molecule has 0 bridgehead atoms. The molecule has 1 aliphatic carbocycles. The Morgan fingerprint density at radius 3 is 2.30 bits per heavy atom. The van der Waals surface area contributed by atoms with Crippen molar-refractivity contribution in [3.05, 3.63) is 0 Å². The van der Waals surface area contributed by atoms with Crippen molar-refractivity contribution in [2.45, 2.75) is 91.3 Å². The maximum absolute atomic E-state index is 12.1. The van der Waals surface area contributed by atoms with Crippen molar-refractivity contribution in [2.75, 3.05) is 13.1 Å². The van der Waals surface area contributed by atoms with Gasteiger partial charge in [-0.25, -0.2) is 4.79 Å². The van der Waals surface area contributed by atoms with Gasteiger partial charge in [0.25, 0.3) is 0 Å². The number of ether oxygens (including phenoxy) is 1. The number of amides is 1. The van der Waals surface area contributed by atoms with Crippen LogP contribution in [0.15, 0.2) is 0 Å². The quantitative estimate of drug-likeness (QED) is 0.828. The number of carbonyl (C=O) groups excluding carboxylic acids is 1. The van der Waals surface area contributed by atoms with Crippen LogP contribution < -0.4 is 5.32 Å². The van der Waals surface area contributed by atoms with E-state index < -0.39 is 5.60 Å². The van der Waals surface area contributed by atoms with Crippen LogP contribution in [0.5, 0.6) is 0 Å². The third-order valence-electron chi connectivity index (χ3n) is 5.29. The Hall–Kier alpha value is -0.770. The predicted molar refractivity (Wildman–Crippen MR) is 94.5 cm³/mol. The van der Waals surface area contributed by atoms with Crippen molar-refractivity contribution in [3.8, 4) is 0 Å². The summed E-state index contributed by atoms with van der Waals surface area (Å²) in [5.74, 6) is 0.739. The highest BCUT2D eigenvalue weighted by atomic mass is 16.6. The van der Waals surface area contributed by atoms with Gasteiger partial charge in [-0.05, 0) is 64.2 Å². The van der Waals surface area contributed by atoms with Crippen molar-refractivity contribution >= 4 is 6.09 Å². The van der Waals surface area contributed by atoms with Crippen LogP contribution in [0.4, 0.5) is 4.79 Å². The molecule has 1 amide bonds. The van der Waals surface area contributed by atoms with Crippen LogP contribution in [0.2, 0.25) is 0 Å². The lowest BCUT2D eigenvalue weighted by molar-refractivity contribution is 0.0188. The summed E-state index contributed by atoms with van der Waals surface area (Å²) in [5, 5.41) is 3.87. The predicted octanol–water partition coefficient (Wildman–Crippen LogP) is 4.19. The first-order chi connectivity index (χ1) is 10.6. The Morgan fingerprint density at radius 1 is 1.17 bits per heavy atom. The second-order valence-corrected chi connectivity index (χ2v) is 9.40. The van der Waals surface area contributed by atoms with Gasteiger partial charge >= 0.3 is 6.09 Å². The summed E-state index contributed by atoms with van der Waals surface area (Å²) in [6, 6.07) is 1.18. The second-order valence-electron chi connectivity index (χ2n) is 9.40. The normalized spacial score (nSPS) is 29.4. The Balaban J connectivity index is 1.76. The molecule has 2 unspecified atom stereocenters. The molecule has 4 heteroatoms. The first kappa shape index (κ1) is 18.6. The van der Waals surface area contributed by atoms with Gasteiger partial charge in [-0.3, -0.25) is 0 Å². The molecule has 2 atom stereocenters. The first-order valence-corrected chi connectivity index (χ1v) is 9.30. The third kappa shape index (κ3) is 5.66. The van der Waals surface area contributed by atoms with E-state index in [1.54, 1.807) is 0 Å². The highest BCUT2D eigenvalue weighted by Gasteiger charge is 2.34. The Bertz CT molecular complexity index is 406. The van der Waals surface area contributed by atoms with E-state index in [0.717, 1.165) is 31.8 Å². The number of piperidine rings is 1. The number of rotatable bonds is 2. The van der Waals surface area contributed by atoms with Crippen molar-refractivity contribution in [2.24, 2.45) is 11.3 Å². The molecule has 1 saturated heterocycles. The third-order valence-corrected chi connectivity index (χ3v) is 5.29. The summed E-state index contributed by atoms with van der Waals surface area (Å²) in [7, 11) is 0. The minimum Gasteiger partial charge on any atom is -0.444 e. The standard InChI is InChI=1S/C19H36N2O2/c1-14-13-19(5,6)10-7-16(14)20-15-8-11-21(12-9-15)17(22)23-18(2,3)4/h14-16,20H,7-13H2,1-6H3. The van der Waals surface area contributed by atoms with Crippen LogP contribution in [0.3, 0.4) is 0 Å². The maximum Gasteiger partial charge on any atom is 0.410 e. The molecule has 2 rings (SSSR count). The van der Waals surface area contributed by atoms with Crippen LogP contribution in [-0.2, 0) is 4.74 Å². The molecule has 2 aliphatic rings. The fourth-order valence-corrected chi connectivity index (χ4v) is 4.05. The molecule has 1 heterocycles. The van der Waals surface area contributed by atoms with Gasteiger partial charge in [0.15, 0.2) is 0 Å². The molecule has 0 spiro atoms. The Kier molecular flexibility index (Phi) is 5.65. The summed E-state index contributed by atoms with van der Waals surface area (Å²) in [6.07, 6.45) is 5.80. The van der Waals surface area contributed by atoms with E-state index in [1.807, 2.05) is 25.7 Å². The fraction of sp³-hybridized carbons (Fsp3) is 0.947. The lowest BCUT2D eigenvalue weighted by Crippen LogP contribution is -2.51. The molecular weight excluding hydrogens is 288 g/mol. The summed E-state index contributed by atoms with van der Waals surface area (Å²) in [4.78, 5) is 14.0. The van der Waals surface area contributed by atoms with Crippen molar-refractivity contribution in [1.29, 1.82) is 0 Å². The molecule has 1 N–H and O–H groups in total. The number of hydrogen-bond donors (Lipinski definition) is 1. The fourth-order valence-electron chi connectivity index (χ4n) is 4.05. The molecule has 4 nitrogen and oxygen atoms in total. The lowest BCUT2D eigenvalue weighted by atomic mass is 9.70. The Morgan fingerprint density at radius 2 is 1.78 bits per heavy atom. The van der Waals surface area contributed by atoms with Crippen molar-refractivity contribution < 1.29 is 9.53 Å². The van der Waals surface area contributed by atoms with Crippen LogP contribution in [0.1, 0.15) is 73.6 Å². The maximum atomic E-state index is 12.1. The minimum absolute atomic E-state index is 0.163. The van der Waals surface area contributed by atoms with Gasteiger partial charge in [-0.2, -0.15) is 0 Å². The van der Waals surface area contributed by atoms with Gasteiger partial charge in [0.2, 0.25) is 0 Å². The van der Waals surface area contributed by atoms with Gasteiger partial charge < -0.3 is 15.0 Å². The zero-order valence-electron chi connectivity index (χ0n) is 15.9. The zero-order chi connectivity index (χ0) is 17.3. The van der Waals surface area contributed by atoms with Crippen molar-refractivity contribution in [1.82, 2.24) is 10.2 Å². The van der Waals surface area contributed by atoms with Gasteiger partial charge in [0.1, 0.15) is 5.60 Å². The van der Waals surface area contributed by atoms with Crippen molar-refractivity contribution in [3.63, 3.8) is 0 Å². The van der Waals surface area contributed by atoms with Crippen LogP contribution >= 0.6 is 0 Å². The first-order valence-electron chi connectivity index (χ1n) is 9.30. The highest BCUT2D eigenvalue weighted by Crippen LogP contribution is 2.38. The zero-order valence-corrected chi connectivity index (χ0v) is 15.9. The van der Waals surface area contributed by atoms with E-state index in [4.69, 9.17) is 4.74 Å². The van der Waals surface area contributed by atoms with E-state index in [-0.39, 0.29) is 6.09 Å². The van der Waals surface area contributed by atoms with E-state index >= 15 is 0 Å². The molecule has 1 aliphatic heterocycles. The SMILES string of the molecule is CC1CC(C)(C)CCC1NC1CCN(C(=O)OC(C)(C)C)CC1. The number of hydrogen-bond acceptors (Lipinski definition) is 3. The number of nitrogens with one attached hydrogen (secondary N) is 1. The summed E-state index contributed by atoms with van der Waals surface area (Å²) < 4.78 is 5.47. The molecule has 1 saturated carbocycles. The van der Waals surface area contributed by atoms with Gasteiger partial charge in [0.05, 0.1) is 0 Å². The summed E-state index contributed by atoms with van der Waals surface area (Å²) in [6.45, 7) is 14.5. The summed E-state index contributed by atoms with van der Waals surface area (Å²) in [5.41, 5.74) is 0.0915. The van der Waals surface area contributed by atoms with Crippen LogP contribution in [-0.4, -0.2) is 41.8 Å². The topological polar surface area (TPSA) is 41.6 Å². The highest BCUT2D eigenvalue weighted by molar-refractivity contribution is 5.68. The molecule has 0 aromatic heterocycles. The van der Waals surface area contributed by atoms with E-state index in [0.29, 0.717) is 17.5 Å². The molecule has 0 aromatic rings. The monoisotopic (exact) mass is 324 g/mol. The van der Waals surface area contributed by atoms with E-state index in [2.05, 4.69) is 26.1 Å². The van der Waals surface area contributed by atoms with E-state index in [9.17, 15) is 4.79 Å². The summed E-state index contributed by atoms with van der Waals surface area (Å²) >= 11 is 0. The van der Waals surface area contributed by atoms with E-state index in [1.165, 1.54) is 19.3 Å². The largest absolute Gasteiger partial charge is 0.444 e. The molecule has 0 radical (unpaired) electrons. The van der Waals surface area contributed by atoms with Gasteiger partial charge in [-0.1, -0.05) is 20.8 Å². The molecular formula is C19H36N2O2. The molecule has 2 fully saturated rings. The number of nitrogens with zero attached hydrogens (tertiary/aromatic N) is 1. The Labute approximate surface area is 142 Å². The molecule has 23 heavy (non-hydrogen) atoms. The lowest BCUT2D eigenvalue weighted by Gasteiger charge is -2.42. The number of carbonyl (C=O) groups is 1. The van der Waals surface area contributed by atoms with Gasteiger partial charge in [-0.15, -0.1) is 0 Å². The average molecular weight is 325 g/mol. The molecule has 0 aromatic carbocycles. The minimum atomic E-state index is -0.406. The number of likely N-dealkylation sites (tertiary alicyclic amines) is 1. The molecule has 134 valence electrons. The van der Waals surface area contributed by atoms with Crippen LogP contribution in [0.25, 0.3) is 0 Å². The van der Waals surface area contributed by atoms with Gasteiger partial charge in [0, 0.05) is 25.2 Å². The average Bonchev–Trinajstić information content (AvgIpc) is 2.40. The smallest absolute Gasteiger partial charge is 0.410 e.